The molecule has 2 aromatic rings. The number of carbonyl (C=O) groups is 1. The molecule has 0 aliphatic rings. The summed E-state index contributed by atoms with van der Waals surface area (Å²) in [7, 11) is 0. The van der Waals surface area contributed by atoms with Crippen molar-refractivity contribution >= 4 is 22.9 Å². The summed E-state index contributed by atoms with van der Waals surface area (Å²) < 4.78 is 0. The van der Waals surface area contributed by atoms with Gasteiger partial charge < -0.3 is 10.4 Å². The summed E-state index contributed by atoms with van der Waals surface area (Å²) >= 11 is 1.30. The molecule has 0 atom stereocenters. The largest absolute Gasteiger partial charge is 0.384 e. The van der Waals surface area contributed by atoms with Gasteiger partial charge in [-0.15, -0.1) is 11.3 Å². The molecule has 0 aliphatic carbocycles. The van der Waals surface area contributed by atoms with E-state index in [0.29, 0.717) is 4.88 Å². The van der Waals surface area contributed by atoms with Crippen molar-refractivity contribution in [1.29, 1.82) is 0 Å². The summed E-state index contributed by atoms with van der Waals surface area (Å²) in [6.45, 7) is 1.73. The molecule has 0 radical (unpaired) electrons. The molecule has 4 nitrogen and oxygen atoms in total. The molecule has 0 aliphatic heterocycles. The first-order chi connectivity index (χ1) is 9.20. The third-order valence-corrected chi connectivity index (χ3v) is 3.21. The highest BCUT2D eigenvalue weighted by Crippen LogP contribution is 2.18. The molecule has 0 saturated carbocycles. The van der Waals surface area contributed by atoms with Crippen LogP contribution in [0.1, 0.15) is 20.8 Å². The highest BCUT2D eigenvalue weighted by atomic mass is 32.1. The first-order valence-electron chi connectivity index (χ1n) is 5.61. The van der Waals surface area contributed by atoms with Crippen molar-refractivity contribution in [2.75, 3.05) is 11.9 Å². The number of thiazole rings is 1. The summed E-state index contributed by atoms with van der Waals surface area (Å²) in [4.78, 5) is 16.3. The van der Waals surface area contributed by atoms with Crippen LogP contribution in [-0.4, -0.2) is 22.6 Å². The standard InChI is InChI=1S/C14H12N2O2S/c1-10-7-11(3-2-6-17)4-5-12(10)16-14(18)13-8-15-9-19-13/h4-5,7-9,17H,6H2,1H3,(H,16,18). The Morgan fingerprint density at radius 3 is 3.00 bits per heavy atom. The van der Waals surface area contributed by atoms with Gasteiger partial charge in [-0.25, -0.2) is 0 Å². The molecule has 2 N–H and O–H groups in total. The molecule has 2 rings (SSSR count). The van der Waals surface area contributed by atoms with Crippen LogP contribution < -0.4 is 5.32 Å². The molecule has 0 unspecified atom stereocenters. The maximum Gasteiger partial charge on any atom is 0.267 e. The zero-order chi connectivity index (χ0) is 13.7. The number of nitrogens with one attached hydrogen (secondary N) is 1. The van der Waals surface area contributed by atoms with E-state index in [4.69, 9.17) is 5.11 Å². The predicted molar refractivity (Wildman–Crippen MR) is 75.2 cm³/mol. The minimum Gasteiger partial charge on any atom is -0.384 e. The summed E-state index contributed by atoms with van der Waals surface area (Å²) in [6, 6.07) is 5.47. The van der Waals surface area contributed by atoms with Gasteiger partial charge in [0.25, 0.3) is 5.91 Å². The first kappa shape index (κ1) is 13.3. The number of carbonyl (C=O) groups excluding carboxylic acids is 1. The summed E-state index contributed by atoms with van der Waals surface area (Å²) in [5.74, 6) is 5.24. The van der Waals surface area contributed by atoms with Crippen LogP contribution >= 0.6 is 11.3 Å². The minimum atomic E-state index is -0.167. The fraction of sp³-hybridized carbons (Fsp3) is 0.143. The molecule has 96 valence electrons. The molecule has 1 aromatic carbocycles. The normalized spacial score (nSPS) is 9.58. The number of aliphatic hydroxyl groups excluding tert-OH is 1. The lowest BCUT2D eigenvalue weighted by Gasteiger charge is -2.07. The second-order valence-corrected chi connectivity index (χ2v) is 4.70. The highest BCUT2D eigenvalue weighted by Gasteiger charge is 2.09. The Morgan fingerprint density at radius 2 is 2.37 bits per heavy atom. The maximum absolute atomic E-state index is 11.9. The summed E-state index contributed by atoms with van der Waals surface area (Å²) in [5.41, 5.74) is 4.09. The van der Waals surface area contributed by atoms with Gasteiger partial charge >= 0.3 is 0 Å². The lowest BCUT2D eigenvalue weighted by Crippen LogP contribution is -2.11. The Labute approximate surface area is 115 Å². The monoisotopic (exact) mass is 272 g/mol. The average Bonchev–Trinajstić information content (AvgIpc) is 2.93. The van der Waals surface area contributed by atoms with Crippen LogP contribution in [0.4, 0.5) is 5.69 Å². The molecule has 1 amide bonds. The smallest absolute Gasteiger partial charge is 0.267 e. The van der Waals surface area contributed by atoms with Gasteiger partial charge in [-0.05, 0) is 30.7 Å². The van der Waals surface area contributed by atoms with Crippen LogP contribution in [0.15, 0.2) is 29.9 Å². The van der Waals surface area contributed by atoms with Crippen LogP contribution in [0.5, 0.6) is 0 Å². The molecule has 19 heavy (non-hydrogen) atoms. The quantitative estimate of drug-likeness (QED) is 0.822. The molecular weight excluding hydrogens is 260 g/mol. The third-order valence-electron chi connectivity index (χ3n) is 2.44. The number of hydrogen-bond donors (Lipinski definition) is 2. The van der Waals surface area contributed by atoms with Crippen molar-refractivity contribution in [2.24, 2.45) is 0 Å². The molecule has 0 spiro atoms. The van der Waals surface area contributed by atoms with Crippen LogP contribution in [0.2, 0.25) is 0 Å². The molecule has 1 aromatic heterocycles. The van der Waals surface area contributed by atoms with E-state index in [1.165, 1.54) is 17.5 Å². The SMILES string of the molecule is Cc1cc(C#CCO)ccc1NC(=O)c1cncs1. The molecule has 0 fully saturated rings. The Bertz CT molecular complexity index is 639. The zero-order valence-corrected chi connectivity index (χ0v) is 11.1. The first-order valence-corrected chi connectivity index (χ1v) is 6.49. The van der Waals surface area contributed by atoms with Crippen LogP contribution in [0.3, 0.4) is 0 Å². The highest BCUT2D eigenvalue weighted by molar-refractivity contribution is 7.11. The van der Waals surface area contributed by atoms with E-state index in [1.807, 2.05) is 13.0 Å². The van der Waals surface area contributed by atoms with Crippen molar-refractivity contribution in [1.82, 2.24) is 4.98 Å². The fourth-order valence-corrected chi connectivity index (χ4v) is 2.05. The van der Waals surface area contributed by atoms with E-state index >= 15 is 0 Å². The van der Waals surface area contributed by atoms with Gasteiger partial charge in [-0.2, -0.15) is 0 Å². The minimum absolute atomic E-state index is 0.164. The average molecular weight is 272 g/mol. The number of rotatable bonds is 2. The van der Waals surface area contributed by atoms with Gasteiger partial charge in [0.2, 0.25) is 0 Å². The molecule has 5 heteroatoms. The number of aryl methyl sites for hydroxylation is 1. The lowest BCUT2D eigenvalue weighted by atomic mass is 10.1. The van der Waals surface area contributed by atoms with Gasteiger partial charge in [0.15, 0.2) is 0 Å². The lowest BCUT2D eigenvalue weighted by molar-refractivity contribution is 0.103. The predicted octanol–water partition coefficient (Wildman–Crippen LogP) is 2.05. The van der Waals surface area contributed by atoms with Gasteiger partial charge in [0, 0.05) is 11.3 Å². The van der Waals surface area contributed by atoms with Crippen LogP contribution in [0, 0.1) is 18.8 Å². The van der Waals surface area contributed by atoms with E-state index in [9.17, 15) is 4.79 Å². The number of anilines is 1. The van der Waals surface area contributed by atoms with Gasteiger partial charge in [0.1, 0.15) is 11.5 Å². The number of benzene rings is 1. The topological polar surface area (TPSA) is 62.2 Å². The third kappa shape index (κ3) is 3.41. The van der Waals surface area contributed by atoms with Crippen LogP contribution in [0.25, 0.3) is 0 Å². The Hall–Kier alpha value is -2.16. The second-order valence-electron chi connectivity index (χ2n) is 3.81. The van der Waals surface area contributed by atoms with Gasteiger partial charge in [-0.1, -0.05) is 11.8 Å². The van der Waals surface area contributed by atoms with Gasteiger partial charge in [-0.3, -0.25) is 9.78 Å². The number of hydrogen-bond acceptors (Lipinski definition) is 4. The van der Waals surface area contributed by atoms with E-state index in [0.717, 1.165) is 16.8 Å². The molecule has 1 heterocycles. The second kappa shape index (κ2) is 6.14. The van der Waals surface area contributed by atoms with E-state index in [2.05, 4.69) is 22.1 Å². The zero-order valence-electron chi connectivity index (χ0n) is 10.3. The van der Waals surface area contributed by atoms with Crippen molar-refractivity contribution in [3.05, 3.63) is 45.9 Å². The number of nitrogens with zero attached hydrogens (tertiary/aromatic N) is 1. The maximum atomic E-state index is 11.9. The summed E-state index contributed by atoms with van der Waals surface area (Å²) in [5, 5.41) is 11.5. The number of amides is 1. The Balaban J connectivity index is 2.15. The van der Waals surface area contributed by atoms with E-state index in [-0.39, 0.29) is 12.5 Å². The molecular formula is C14H12N2O2S. The van der Waals surface area contributed by atoms with Crippen molar-refractivity contribution in [3.8, 4) is 11.8 Å². The van der Waals surface area contributed by atoms with Crippen LogP contribution in [-0.2, 0) is 0 Å². The molecule has 0 saturated heterocycles. The van der Waals surface area contributed by atoms with E-state index < -0.39 is 0 Å². The fourth-order valence-electron chi connectivity index (χ4n) is 1.54. The summed E-state index contributed by atoms with van der Waals surface area (Å²) in [6.07, 6.45) is 1.54. The van der Waals surface area contributed by atoms with Crippen molar-refractivity contribution in [3.63, 3.8) is 0 Å². The number of aliphatic hydroxyl groups is 1. The van der Waals surface area contributed by atoms with Gasteiger partial charge in [0.05, 0.1) is 11.7 Å². The Kier molecular flexibility index (Phi) is 4.29. The van der Waals surface area contributed by atoms with Crippen molar-refractivity contribution in [2.45, 2.75) is 6.92 Å². The molecule has 0 bridgehead atoms. The van der Waals surface area contributed by atoms with E-state index in [1.54, 1.807) is 17.6 Å². The van der Waals surface area contributed by atoms with Crippen molar-refractivity contribution < 1.29 is 9.90 Å². The number of aromatic nitrogens is 1. The Morgan fingerprint density at radius 1 is 1.53 bits per heavy atom.